The Bertz CT molecular complexity index is 430. The summed E-state index contributed by atoms with van der Waals surface area (Å²) in [5.74, 6) is 1.47. The lowest BCUT2D eigenvalue weighted by atomic mass is 9.70. The first kappa shape index (κ1) is 12.9. The molecule has 1 fully saturated rings. The van der Waals surface area contributed by atoms with Gasteiger partial charge in [-0.05, 0) is 41.7 Å². The number of benzene rings is 1. The molecule has 94 valence electrons. The fourth-order valence-corrected chi connectivity index (χ4v) is 3.93. The minimum Gasteiger partial charge on any atom is -0.384 e. The van der Waals surface area contributed by atoms with Gasteiger partial charge < -0.3 is 5.11 Å². The van der Waals surface area contributed by atoms with Crippen molar-refractivity contribution in [1.29, 1.82) is 0 Å². The zero-order valence-corrected chi connectivity index (χ0v) is 11.4. The quantitative estimate of drug-likeness (QED) is 0.828. The predicted octanol–water partition coefficient (Wildman–Crippen LogP) is 3.48. The van der Waals surface area contributed by atoms with Crippen molar-refractivity contribution >= 4 is 11.8 Å². The van der Waals surface area contributed by atoms with Gasteiger partial charge in [-0.3, -0.25) is 0 Å². The summed E-state index contributed by atoms with van der Waals surface area (Å²) in [6, 6.07) is 5.09. The van der Waals surface area contributed by atoms with E-state index in [4.69, 9.17) is 0 Å². The van der Waals surface area contributed by atoms with Crippen LogP contribution in [0.3, 0.4) is 0 Å². The highest BCUT2D eigenvalue weighted by Crippen LogP contribution is 2.48. The third kappa shape index (κ3) is 2.11. The molecular weight excluding hydrogens is 235 g/mol. The topological polar surface area (TPSA) is 20.2 Å². The molecule has 0 amide bonds. The van der Waals surface area contributed by atoms with Crippen LogP contribution in [0, 0.1) is 18.2 Å². The number of halogens is 1. The van der Waals surface area contributed by atoms with Crippen LogP contribution in [0.15, 0.2) is 18.2 Å². The summed E-state index contributed by atoms with van der Waals surface area (Å²) in [7, 11) is 0. The summed E-state index contributed by atoms with van der Waals surface area (Å²) >= 11 is 1.74. The standard InChI is InChI=1S/C14H19FOS/c1-10-4-5-11(8-12(10)15)14(16)9-17-7-6-13(14,2)3/h4-5,8,16H,6-7,9H2,1-3H3. The first-order valence-electron chi connectivity index (χ1n) is 5.94. The van der Waals surface area contributed by atoms with Crippen LogP contribution in [-0.4, -0.2) is 16.6 Å². The number of aryl methyl sites for hydroxylation is 1. The molecule has 1 aromatic carbocycles. The van der Waals surface area contributed by atoms with Crippen molar-refractivity contribution < 1.29 is 9.50 Å². The molecule has 1 aromatic rings. The molecule has 0 saturated carbocycles. The number of aliphatic hydroxyl groups is 1. The Morgan fingerprint density at radius 3 is 2.65 bits per heavy atom. The monoisotopic (exact) mass is 254 g/mol. The maximum atomic E-state index is 13.6. The Morgan fingerprint density at radius 1 is 1.35 bits per heavy atom. The molecule has 1 nitrogen and oxygen atoms in total. The molecule has 1 aliphatic rings. The van der Waals surface area contributed by atoms with Crippen molar-refractivity contribution in [3.05, 3.63) is 35.1 Å². The molecule has 1 N–H and O–H groups in total. The zero-order chi connectivity index (χ0) is 12.7. The van der Waals surface area contributed by atoms with E-state index in [1.165, 1.54) is 6.07 Å². The van der Waals surface area contributed by atoms with Gasteiger partial charge in [0.05, 0.1) is 0 Å². The van der Waals surface area contributed by atoms with E-state index in [1.807, 2.05) is 6.07 Å². The van der Waals surface area contributed by atoms with E-state index in [2.05, 4.69) is 13.8 Å². The molecule has 2 rings (SSSR count). The first-order chi connectivity index (χ1) is 7.87. The summed E-state index contributed by atoms with van der Waals surface area (Å²) in [4.78, 5) is 0. The lowest BCUT2D eigenvalue weighted by molar-refractivity contribution is -0.0580. The van der Waals surface area contributed by atoms with E-state index >= 15 is 0 Å². The van der Waals surface area contributed by atoms with E-state index in [1.54, 1.807) is 24.8 Å². The highest BCUT2D eigenvalue weighted by atomic mass is 32.2. The second-order valence-corrected chi connectivity index (χ2v) is 6.62. The van der Waals surface area contributed by atoms with Gasteiger partial charge >= 0.3 is 0 Å². The predicted molar refractivity (Wildman–Crippen MR) is 70.8 cm³/mol. The molecule has 0 aromatic heterocycles. The largest absolute Gasteiger partial charge is 0.384 e. The van der Waals surface area contributed by atoms with Gasteiger partial charge in [0.2, 0.25) is 0 Å². The van der Waals surface area contributed by atoms with Gasteiger partial charge in [0.1, 0.15) is 11.4 Å². The third-order valence-electron chi connectivity index (χ3n) is 3.95. The average Bonchev–Trinajstić information content (AvgIpc) is 2.26. The van der Waals surface area contributed by atoms with Crippen molar-refractivity contribution in [2.24, 2.45) is 5.41 Å². The van der Waals surface area contributed by atoms with Crippen LogP contribution < -0.4 is 0 Å². The maximum Gasteiger partial charge on any atom is 0.126 e. The number of rotatable bonds is 1. The van der Waals surface area contributed by atoms with Crippen molar-refractivity contribution in [2.75, 3.05) is 11.5 Å². The number of hydrogen-bond donors (Lipinski definition) is 1. The van der Waals surface area contributed by atoms with Crippen LogP contribution in [0.5, 0.6) is 0 Å². The SMILES string of the molecule is Cc1ccc(C2(O)CSCCC2(C)C)cc1F. The Hall–Kier alpha value is -0.540. The normalized spacial score (nSPS) is 28.1. The Labute approximate surface area is 106 Å². The van der Waals surface area contributed by atoms with Gasteiger partial charge in [0.15, 0.2) is 0 Å². The van der Waals surface area contributed by atoms with Gasteiger partial charge in [0, 0.05) is 5.75 Å². The van der Waals surface area contributed by atoms with Gasteiger partial charge in [0.25, 0.3) is 0 Å². The summed E-state index contributed by atoms with van der Waals surface area (Å²) in [6.45, 7) is 5.86. The van der Waals surface area contributed by atoms with Crippen LogP contribution in [0.4, 0.5) is 4.39 Å². The smallest absolute Gasteiger partial charge is 0.126 e. The second kappa shape index (κ2) is 4.29. The van der Waals surface area contributed by atoms with Crippen LogP contribution >= 0.6 is 11.8 Å². The Kier molecular flexibility index (Phi) is 3.25. The summed E-state index contributed by atoms with van der Waals surface area (Å²) < 4.78 is 13.6. The summed E-state index contributed by atoms with van der Waals surface area (Å²) in [5.41, 5.74) is 0.195. The highest BCUT2D eigenvalue weighted by molar-refractivity contribution is 7.99. The van der Waals surface area contributed by atoms with Crippen molar-refractivity contribution in [3.8, 4) is 0 Å². The van der Waals surface area contributed by atoms with Crippen LogP contribution in [0.2, 0.25) is 0 Å². The number of thioether (sulfide) groups is 1. The summed E-state index contributed by atoms with van der Waals surface area (Å²) in [5, 5.41) is 10.9. The molecule has 1 heterocycles. The molecule has 1 unspecified atom stereocenters. The van der Waals surface area contributed by atoms with Gasteiger partial charge in [-0.25, -0.2) is 4.39 Å². The van der Waals surface area contributed by atoms with E-state index in [-0.39, 0.29) is 11.2 Å². The molecule has 0 spiro atoms. The van der Waals surface area contributed by atoms with Crippen molar-refractivity contribution in [1.82, 2.24) is 0 Å². The average molecular weight is 254 g/mol. The lowest BCUT2D eigenvalue weighted by Crippen LogP contribution is -2.47. The Morgan fingerprint density at radius 2 is 2.06 bits per heavy atom. The summed E-state index contributed by atoms with van der Waals surface area (Å²) in [6.07, 6.45) is 0.948. The fourth-order valence-electron chi connectivity index (χ4n) is 2.27. The molecule has 0 aliphatic carbocycles. The molecular formula is C14H19FOS. The van der Waals surface area contributed by atoms with Crippen molar-refractivity contribution in [3.63, 3.8) is 0 Å². The molecule has 0 bridgehead atoms. The minimum atomic E-state index is -0.926. The van der Waals surface area contributed by atoms with Gasteiger partial charge in [-0.15, -0.1) is 0 Å². The van der Waals surface area contributed by atoms with Crippen LogP contribution in [0.25, 0.3) is 0 Å². The third-order valence-corrected chi connectivity index (χ3v) is 5.07. The molecule has 17 heavy (non-hydrogen) atoms. The molecule has 1 aliphatic heterocycles. The maximum absolute atomic E-state index is 13.6. The molecule has 0 radical (unpaired) electrons. The first-order valence-corrected chi connectivity index (χ1v) is 7.09. The van der Waals surface area contributed by atoms with E-state index in [0.29, 0.717) is 16.9 Å². The Balaban J connectivity index is 2.45. The zero-order valence-electron chi connectivity index (χ0n) is 10.6. The van der Waals surface area contributed by atoms with Crippen LogP contribution in [0.1, 0.15) is 31.4 Å². The molecule has 3 heteroatoms. The lowest BCUT2D eigenvalue weighted by Gasteiger charge is -2.46. The molecule has 1 atom stereocenters. The van der Waals surface area contributed by atoms with E-state index in [0.717, 1.165) is 12.2 Å². The fraction of sp³-hybridized carbons (Fsp3) is 0.571. The van der Waals surface area contributed by atoms with Gasteiger partial charge in [-0.1, -0.05) is 26.0 Å². The molecule has 1 saturated heterocycles. The van der Waals surface area contributed by atoms with Crippen LogP contribution in [-0.2, 0) is 5.60 Å². The second-order valence-electron chi connectivity index (χ2n) is 5.51. The minimum absolute atomic E-state index is 0.208. The number of hydrogen-bond acceptors (Lipinski definition) is 2. The van der Waals surface area contributed by atoms with E-state index in [9.17, 15) is 9.50 Å². The van der Waals surface area contributed by atoms with E-state index < -0.39 is 5.60 Å². The van der Waals surface area contributed by atoms with Gasteiger partial charge in [-0.2, -0.15) is 11.8 Å². The van der Waals surface area contributed by atoms with Crippen molar-refractivity contribution in [2.45, 2.75) is 32.8 Å². The highest BCUT2D eigenvalue weighted by Gasteiger charge is 2.46.